The van der Waals surface area contributed by atoms with Crippen molar-refractivity contribution in [3.05, 3.63) is 20.2 Å². The molecule has 13 heavy (non-hydrogen) atoms. The second kappa shape index (κ2) is 4.57. The summed E-state index contributed by atoms with van der Waals surface area (Å²) in [6.45, 7) is 1.65. The molecule has 76 valence electrons. The van der Waals surface area contributed by atoms with E-state index in [0.29, 0.717) is 6.42 Å². The second-order valence-electron chi connectivity index (χ2n) is 2.43. The zero-order valence-electron chi connectivity index (χ0n) is 6.77. The van der Waals surface area contributed by atoms with Crippen LogP contribution in [0.5, 0.6) is 0 Å². The summed E-state index contributed by atoms with van der Waals surface area (Å²) in [7, 11) is 0. The third kappa shape index (κ3) is 2.96. The first-order chi connectivity index (χ1) is 5.84. The normalized spacial score (nSPS) is 13.8. The quantitative estimate of drug-likeness (QED) is 0.312. The Bertz CT molecular complexity index is 221. The molecular formula is C5H8Cl2N2O4. The average molecular weight is 231 g/mol. The van der Waals surface area contributed by atoms with Crippen molar-refractivity contribution in [3.63, 3.8) is 0 Å². The molecule has 0 aliphatic carbocycles. The van der Waals surface area contributed by atoms with Crippen LogP contribution >= 0.6 is 23.2 Å². The molecule has 0 aliphatic heterocycles. The summed E-state index contributed by atoms with van der Waals surface area (Å²) < 4.78 is -2.54. The minimum Gasteiger partial charge on any atom is -0.264 e. The fourth-order valence-electron chi connectivity index (χ4n) is 0.801. The molecule has 0 saturated heterocycles. The summed E-state index contributed by atoms with van der Waals surface area (Å²) in [6, 6.07) is -1.57. The van der Waals surface area contributed by atoms with Gasteiger partial charge in [0, 0.05) is 11.3 Å². The largest absolute Gasteiger partial charge is 0.436 e. The van der Waals surface area contributed by atoms with Gasteiger partial charge < -0.3 is 0 Å². The summed E-state index contributed by atoms with van der Waals surface area (Å²) in [5, 5.41) is 20.7. The maximum absolute atomic E-state index is 10.4. The first-order valence-electron chi connectivity index (χ1n) is 3.49. The number of nitrogens with zero attached hydrogens (tertiary/aromatic N) is 2. The van der Waals surface area contributed by atoms with E-state index in [1.54, 1.807) is 6.92 Å². The molecule has 1 atom stereocenters. The molecule has 0 aromatic rings. The summed E-state index contributed by atoms with van der Waals surface area (Å²) in [4.78, 5) is 18.8. The van der Waals surface area contributed by atoms with Crippen LogP contribution in [-0.2, 0) is 0 Å². The van der Waals surface area contributed by atoms with Crippen LogP contribution in [0, 0.1) is 20.2 Å². The fraction of sp³-hybridized carbons (Fsp3) is 1.00. The first-order valence-corrected chi connectivity index (χ1v) is 4.25. The number of halogens is 2. The van der Waals surface area contributed by atoms with E-state index in [9.17, 15) is 20.2 Å². The van der Waals surface area contributed by atoms with Crippen molar-refractivity contribution < 1.29 is 9.85 Å². The molecule has 0 rings (SSSR count). The van der Waals surface area contributed by atoms with E-state index < -0.39 is 20.3 Å². The first kappa shape index (κ1) is 12.4. The Balaban J connectivity index is 4.71. The van der Waals surface area contributed by atoms with Gasteiger partial charge in [0.15, 0.2) is 0 Å². The molecule has 0 heterocycles. The topological polar surface area (TPSA) is 86.3 Å². The van der Waals surface area contributed by atoms with Gasteiger partial charge in [-0.15, -0.1) is 0 Å². The van der Waals surface area contributed by atoms with Crippen LogP contribution in [0.15, 0.2) is 0 Å². The molecule has 0 saturated carbocycles. The van der Waals surface area contributed by atoms with E-state index >= 15 is 0 Å². The van der Waals surface area contributed by atoms with Crippen molar-refractivity contribution in [1.29, 1.82) is 0 Å². The highest BCUT2D eigenvalue weighted by Crippen LogP contribution is 2.30. The van der Waals surface area contributed by atoms with Crippen molar-refractivity contribution in [2.75, 3.05) is 0 Å². The molecule has 0 N–H and O–H groups in total. The standard InChI is InChI=1S/C5H8Cl2N2O4/c1-2-3-4(8(10)11)5(6,7)9(12)13/h4H,2-3H2,1H3. The predicted molar refractivity (Wildman–Crippen MR) is 47.1 cm³/mol. The van der Waals surface area contributed by atoms with Crippen LogP contribution in [0.25, 0.3) is 0 Å². The molecule has 0 radical (unpaired) electrons. The summed E-state index contributed by atoms with van der Waals surface area (Å²) in [5.41, 5.74) is 0. The van der Waals surface area contributed by atoms with Gasteiger partial charge >= 0.3 is 10.5 Å². The molecule has 1 unspecified atom stereocenters. The predicted octanol–water partition coefficient (Wildman–Crippen LogP) is 1.84. The lowest BCUT2D eigenvalue weighted by Gasteiger charge is -2.14. The summed E-state index contributed by atoms with van der Waals surface area (Å²) >= 11 is 10.5. The van der Waals surface area contributed by atoms with E-state index in [1.807, 2.05) is 0 Å². The SMILES string of the molecule is CCCC([N+](=O)[O-])C(Cl)(Cl)[N+](=O)[O-]. The van der Waals surface area contributed by atoms with Gasteiger partial charge in [-0.05, 0) is 29.6 Å². The van der Waals surface area contributed by atoms with E-state index in [-0.39, 0.29) is 6.42 Å². The van der Waals surface area contributed by atoms with Crippen molar-refractivity contribution >= 4 is 23.2 Å². The highest BCUT2D eigenvalue weighted by atomic mass is 35.5. The molecule has 0 aromatic carbocycles. The minimum atomic E-state index is -2.54. The lowest BCUT2D eigenvalue weighted by Crippen LogP contribution is -2.43. The highest BCUT2D eigenvalue weighted by molar-refractivity contribution is 6.47. The maximum Gasteiger partial charge on any atom is 0.436 e. The Kier molecular flexibility index (Phi) is 4.35. The van der Waals surface area contributed by atoms with Gasteiger partial charge in [0.1, 0.15) is 0 Å². The van der Waals surface area contributed by atoms with Crippen LogP contribution in [-0.4, -0.2) is 20.3 Å². The van der Waals surface area contributed by atoms with Crippen LogP contribution in [0.1, 0.15) is 19.8 Å². The average Bonchev–Trinajstić information content (AvgIpc) is 1.98. The van der Waals surface area contributed by atoms with E-state index in [0.717, 1.165) is 0 Å². The Morgan fingerprint density at radius 3 is 2.08 bits per heavy atom. The molecule has 0 aliphatic rings. The van der Waals surface area contributed by atoms with E-state index in [1.165, 1.54) is 0 Å². The number of hydrogen-bond donors (Lipinski definition) is 0. The maximum atomic E-state index is 10.4. The molecular weight excluding hydrogens is 223 g/mol. The van der Waals surface area contributed by atoms with Crippen molar-refractivity contribution in [3.8, 4) is 0 Å². The Morgan fingerprint density at radius 1 is 1.38 bits per heavy atom. The van der Waals surface area contributed by atoms with E-state index in [4.69, 9.17) is 23.2 Å². The number of rotatable bonds is 5. The third-order valence-corrected chi connectivity index (χ3v) is 2.24. The van der Waals surface area contributed by atoms with Crippen molar-refractivity contribution in [1.82, 2.24) is 0 Å². The molecule has 0 fully saturated rings. The number of nitro groups is 2. The molecule has 0 bridgehead atoms. The van der Waals surface area contributed by atoms with Gasteiger partial charge in [-0.3, -0.25) is 20.2 Å². The Morgan fingerprint density at radius 2 is 1.85 bits per heavy atom. The summed E-state index contributed by atoms with van der Waals surface area (Å²) in [5.74, 6) is 0. The van der Waals surface area contributed by atoms with Crippen LogP contribution in [0.4, 0.5) is 0 Å². The van der Waals surface area contributed by atoms with Gasteiger partial charge in [0.25, 0.3) is 0 Å². The van der Waals surface area contributed by atoms with Crippen LogP contribution in [0.2, 0.25) is 0 Å². The van der Waals surface area contributed by atoms with Gasteiger partial charge in [-0.1, -0.05) is 6.92 Å². The fourth-order valence-corrected chi connectivity index (χ4v) is 1.18. The number of hydrogen-bond acceptors (Lipinski definition) is 4. The zero-order chi connectivity index (χ0) is 10.6. The lowest BCUT2D eigenvalue weighted by atomic mass is 10.2. The third-order valence-electron chi connectivity index (χ3n) is 1.46. The number of alkyl halides is 2. The van der Waals surface area contributed by atoms with Gasteiger partial charge in [0.05, 0.1) is 4.92 Å². The zero-order valence-corrected chi connectivity index (χ0v) is 8.29. The van der Waals surface area contributed by atoms with Gasteiger partial charge in [-0.25, -0.2) is 0 Å². The smallest absolute Gasteiger partial charge is 0.264 e. The summed E-state index contributed by atoms with van der Waals surface area (Å²) in [6.07, 6.45) is 0.377. The molecule has 6 nitrogen and oxygen atoms in total. The Hall–Kier alpha value is -0.620. The van der Waals surface area contributed by atoms with Gasteiger partial charge in [-0.2, -0.15) is 0 Å². The second-order valence-corrected chi connectivity index (χ2v) is 3.78. The molecule has 0 aromatic heterocycles. The highest BCUT2D eigenvalue weighted by Gasteiger charge is 2.55. The monoisotopic (exact) mass is 230 g/mol. The lowest BCUT2D eigenvalue weighted by molar-refractivity contribution is -0.613. The van der Waals surface area contributed by atoms with Gasteiger partial charge in [0.2, 0.25) is 0 Å². The van der Waals surface area contributed by atoms with Crippen molar-refractivity contribution in [2.45, 2.75) is 30.3 Å². The van der Waals surface area contributed by atoms with Crippen LogP contribution in [0.3, 0.4) is 0 Å². The van der Waals surface area contributed by atoms with Crippen molar-refractivity contribution in [2.24, 2.45) is 0 Å². The minimum absolute atomic E-state index is 0.0268. The molecule has 0 spiro atoms. The Labute approximate surface area is 84.1 Å². The molecule has 0 amide bonds. The molecule has 8 heteroatoms. The van der Waals surface area contributed by atoms with Crippen LogP contribution < -0.4 is 0 Å². The van der Waals surface area contributed by atoms with E-state index in [2.05, 4.69) is 0 Å².